The Morgan fingerprint density at radius 2 is 1.67 bits per heavy atom. The standard InChI is InChI=1S/C14H17ClO3/c1-14(2,3)10-7-5-9(6-8-10)12(16)11(15)13(17)18-4/h5-8,11H,1-4H3. The van der Waals surface area contributed by atoms with Crippen LogP contribution in [0.25, 0.3) is 0 Å². The summed E-state index contributed by atoms with van der Waals surface area (Å²) >= 11 is 5.72. The fourth-order valence-electron chi connectivity index (χ4n) is 1.49. The van der Waals surface area contributed by atoms with Crippen LogP contribution in [-0.4, -0.2) is 24.2 Å². The molecular weight excluding hydrogens is 252 g/mol. The molecule has 18 heavy (non-hydrogen) atoms. The zero-order valence-electron chi connectivity index (χ0n) is 11.0. The molecule has 1 aromatic carbocycles. The van der Waals surface area contributed by atoms with Crippen molar-refractivity contribution in [2.24, 2.45) is 0 Å². The molecule has 1 atom stereocenters. The number of rotatable bonds is 3. The fourth-order valence-corrected chi connectivity index (χ4v) is 1.71. The number of carbonyl (C=O) groups excluding carboxylic acids is 2. The average Bonchev–Trinajstić information content (AvgIpc) is 2.35. The lowest BCUT2D eigenvalue weighted by Gasteiger charge is -2.19. The van der Waals surface area contributed by atoms with Crippen molar-refractivity contribution in [3.63, 3.8) is 0 Å². The minimum absolute atomic E-state index is 0.0181. The molecule has 0 aliphatic heterocycles. The summed E-state index contributed by atoms with van der Waals surface area (Å²) in [5.41, 5.74) is 1.54. The molecule has 0 fully saturated rings. The maximum Gasteiger partial charge on any atom is 0.331 e. The van der Waals surface area contributed by atoms with E-state index in [1.54, 1.807) is 12.1 Å². The van der Waals surface area contributed by atoms with Crippen LogP contribution in [0.2, 0.25) is 0 Å². The van der Waals surface area contributed by atoms with Crippen LogP contribution in [0, 0.1) is 0 Å². The second kappa shape index (κ2) is 5.53. The van der Waals surface area contributed by atoms with E-state index in [2.05, 4.69) is 25.5 Å². The Balaban J connectivity index is 2.92. The molecule has 0 aliphatic carbocycles. The van der Waals surface area contributed by atoms with Gasteiger partial charge < -0.3 is 4.74 Å². The number of Topliss-reactive ketones (excluding diaryl/α,β-unsaturated/α-hetero) is 1. The fraction of sp³-hybridized carbons (Fsp3) is 0.429. The van der Waals surface area contributed by atoms with Gasteiger partial charge in [-0.3, -0.25) is 4.79 Å². The first-order chi connectivity index (χ1) is 8.27. The van der Waals surface area contributed by atoms with E-state index in [1.807, 2.05) is 12.1 Å². The largest absolute Gasteiger partial charge is 0.468 e. The van der Waals surface area contributed by atoms with E-state index in [4.69, 9.17) is 11.6 Å². The maximum absolute atomic E-state index is 11.9. The van der Waals surface area contributed by atoms with Gasteiger partial charge in [0.15, 0.2) is 11.2 Å². The number of hydrogen-bond donors (Lipinski definition) is 0. The lowest BCUT2D eigenvalue weighted by Crippen LogP contribution is -2.26. The number of ketones is 1. The second-order valence-electron chi connectivity index (χ2n) is 5.08. The van der Waals surface area contributed by atoms with Crippen molar-refractivity contribution in [1.82, 2.24) is 0 Å². The zero-order valence-corrected chi connectivity index (χ0v) is 11.7. The first-order valence-corrected chi connectivity index (χ1v) is 6.07. The van der Waals surface area contributed by atoms with Crippen molar-refractivity contribution in [3.05, 3.63) is 35.4 Å². The normalized spacial score (nSPS) is 12.9. The predicted molar refractivity (Wildman–Crippen MR) is 71.1 cm³/mol. The van der Waals surface area contributed by atoms with Crippen LogP contribution in [-0.2, 0) is 14.9 Å². The molecule has 0 saturated carbocycles. The van der Waals surface area contributed by atoms with E-state index in [0.717, 1.165) is 5.56 Å². The highest BCUT2D eigenvalue weighted by molar-refractivity contribution is 6.43. The van der Waals surface area contributed by atoms with Crippen molar-refractivity contribution >= 4 is 23.4 Å². The summed E-state index contributed by atoms with van der Waals surface area (Å²) in [6, 6.07) is 7.10. The van der Waals surface area contributed by atoms with Crippen LogP contribution in [0.3, 0.4) is 0 Å². The Morgan fingerprint density at radius 3 is 2.06 bits per heavy atom. The molecule has 0 N–H and O–H groups in total. The van der Waals surface area contributed by atoms with E-state index in [1.165, 1.54) is 7.11 Å². The van der Waals surface area contributed by atoms with Crippen LogP contribution in [0.5, 0.6) is 0 Å². The van der Waals surface area contributed by atoms with Gasteiger partial charge in [0.25, 0.3) is 0 Å². The van der Waals surface area contributed by atoms with Gasteiger partial charge >= 0.3 is 5.97 Å². The van der Waals surface area contributed by atoms with Gasteiger partial charge in [0.2, 0.25) is 0 Å². The highest BCUT2D eigenvalue weighted by Crippen LogP contribution is 2.22. The summed E-state index contributed by atoms with van der Waals surface area (Å²) < 4.78 is 4.44. The highest BCUT2D eigenvalue weighted by Gasteiger charge is 2.26. The topological polar surface area (TPSA) is 43.4 Å². The third-order valence-electron chi connectivity index (χ3n) is 2.67. The summed E-state index contributed by atoms with van der Waals surface area (Å²) in [6.45, 7) is 6.26. The Bertz CT molecular complexity index is 443. The van der Waals surface area contributed by atoms with E-state index in [0.29, 0.717) is 5.56 Å². The third-order valence-corrected chi connectivity index (χ3v) is 3.05. The number of carbonyl (C=O) groups is 2. The number of benzene rings is 1. The molecule has 0 radical (unpaired) electrons. The zero-order chi connectivity index (χ0) is 13.9. The molecule has 0 aliphatic rings. The van der Waals surface area contributed by atoms with E-state index in [9.17, 15) is 9.59 Å². The quantitative estimate of drug-likeness (QED) is 0.366. The van der Waals surface area contributed by atoms with Crippen LogP contribution in [0.15, 0.2) is 24.3 Å². The minimum Gasteiger partial charge on any atom is -0.468 e. The first kappa shape index (κ1) is 14.7. The summed E-state index contributed by atoms with van der Waals surface area (Å²) in [6.07, 6.45) is 0. The summed E-state index contributed by atoms with van der Waals surface area (Å²) in [4.78, 5) is 23.1. The highest BCUT2D eigenvalue weighted by atomic mass is 35.5. The molecule has 1 aromatic rings. The monoisotopic (exact) mass is 268 g/mol. The van der Waals surface area contributed by atoms with Crippen molar-refractivity contribution < 1.29 is 14.3 Å². The molecule has 0 heterocycles. The number of ether oxygens (including phenoxy) is 1. The molecule has 0 amide bonds. The van der Waals surface area contributed by atoms with Crippen LogP contribution in [0.4, 0.5) is 0 Å². The summed E-state index contributed by atoms with van der Waals surface area (Å²) in [5.74, 6) is -1.18. The van der Waals surface area contributed by atoms with Crippen molar-refractivity contribution in [3.8, 4) is 0 Å². The number of alkyl halides is 1. The molecule has 4 heteroatoms. The average molecular weight is 269 g/mol. The van der Waals surface area contributed by atoms with Crippen molar-refractivity contribution in [2.75, 3.05) is 7.11 Å². The molecule has 1 rings (SSSR count). The Hall–Kier alpha value is -1.35. The van der Waals surface area contributed by atoms with Crippen LogP contribution in [0.1, 0.15) is 36.7 Å². The van der Waals surface area contributed by atoms with Gasteiger partial charge in [0.1, 0.15) is 0 Å². The van der Waals surface area contributed by atoms with Crippen LogP contribution < -0.4 is 0 Å². The van der Waals surface area contributed by atoms with E-state index < -0.39 is 17.1 Å². The SMILES string of the molecule is COC(=O)C(Cl)C(=O)c1ccc(C(C)(C)C)cc1. The smallest absolute Gasteiger partial charge is 0.331 e. The van der Waals surface area contributed by atoms with E-state index in [-0.39, 0.29) is 5.41 Å². The van der Waals surface area contributed by atoms with Gasteiger partial charge in [-0.05, 0) is 11.0 Å². The molecule has 0 aromatic heterocycles. The van der Waals surface area contributed by atoms with Crippen LogP contribution >= 0.6 is 11.6 Å². The number of halogens is 1. The maximum atomic E-state index is 11.9. The minimum atomic E-state index is -1.28. The van der Waals surface area contributed by atoms with Gasteiger partial charge in [0, 0.05) is 5.56 Å². The Labute approximate surface area is 112 Å². The lowest BCUT2D eigenvalue weighted by atomic mass is 9.86. The molecule has 0 saturated heterocycles. The lowest BCUT2D eigenvalue weighted by molar-refractivity contribution is -0.139. The summed E-state index contributed by atoms with van der Waals surface area (Å²) in [7, 11) is 1.20. The van der Waals surface area contributed by atoms with Gasteiger partial charge in [-0.1, -0.05) is 45.0 Å². The van der Waals surface area contributed by atoms with Gasteiger partial charge in [-0.2, -0.15) is 0 Å². The molecule has 1 unspecified atom stereocenters. The molecule has 0 spiro atoms. The molecule has 0 bridgehead atoms. The number of esters is 1. The predicted octanol–water partition coefficient (Wildman–Crippen LogP) is 2.95. The number of hydrogen-bond acceptors (Lipinski definition) is 3. The van der Waals surface area contributed by atoms with Gasteiger partial charge in [0.05, 0.1) is 7.11 Å². The Kier molecular flexibility index (Phi) is 4.52. The Morgan fingerprint density at radius 1 is 1.17 bits per heavy atom. The third kappa shape index (κ3) is 3.33. The van der Waals surface area contributed by atoms with Crippen molar-refractivity contribution in [2.45, 2.75) is 31.6 Å². The van der Waals surface area contributed by atoms with E-state index >= 15 is 0 Å². The molecule has 3 nitrogen and oxygen atoms in total. The molecular formula is C14H17ClO3. The second-order valence-corrected chi connectivity index (χ2v) is 5.51. The van der Waals surface area contributed by atoms with Gasteiger partial charge in [-0.15, -0.1) is 11.6 Å². The summed E-state index contributed by atoms with van der Waals surface area (Å²) in [5, 5.41) is -1.28. The number of methoxy groups -OCH3 is 1. The molecule has 98 valence electrons. The van der Waals surface area contributed by atoms with Gasteiger partial charge in [-0.25, -0.2) is 4.79 Å². The first-order valence-electron chi connectivity index (χ1n) is 5.64. The van der Waals surface area contributed by atoms with Crippen molar-refractivity contribution in [1.29, 1.82) is 0 Å².